The van der Waals surface area contributed by atoms with Crippen LogP contribution < -0.4 is 5.32 Å². The molecule has 0 aliphatic carbocycles. The van der Waals surface area contributed by atoms with Crippen LogP contribution in [0.15, 0.2) is 24.3 Å². The number of urea groups is 1. The highest BCUT2D eigenvalue weighted by atomic mass is 35.5. The molecule has 2 aliphatic rings. The number of anilines is 1. The summed E-state index contributed by atoms with van der Waals surface area (Å²) in [5.74, 6) is 0.365. The fourth-order valence-electron chi connectivity index (χ4n) is 4.60. The number of nitrogens with zero attached hydrogens (tertiary/aromatic N) is 3. The van der Waals surface area contributed by atoms with E-state index in [9.17, 15) is 9.59 Å². The third-order valence-corrected chi connectivity index (χ3v) is 6.13. The van der Waals surface area contributed by atoms with Crippen molar-refractivity contribution in [2.45, 2.75) is 52.4 Å². The zero-order valence-corrected chi connectivity index (χ0v) is 19.8. The van der Waals surface area contributed by atoms with Crippen molar-refractivity contribution in [3.05, 3.63) is 29.3 Å². The Morgan fingerprint density at radius 2 is 1.71 bits per heavy atom. The molecular weight excluding hydrogens is 416 g/mol. The average Bonchev–Trinajstić information content (AvgIpc) is 2.93. The van der Waals surface area contributed by atoms with Crippen molar-refractivity contribution in [2.24, 2.45) is 5.92 Å². The molecule has 7 nitrogen and oxygen atoms in total. The lowest BCUT2D eigenvalue weighted by Gasteiger charge is -2.42. The minimum atomic E-state index is -0.166. The number of ether oxygens (including phenoxy) is 1. The second-order valence-electron chi connectivity index (χ2n) is 9.01. The number of carbonyl (C=O) groups excluding carboxylic acids is 2. The Labute approximate surface area is 190 Å². The number of morpholine rings is 1. The van der Waals surface area contributed by atoms with Crippen LogP contribution in [-0.2, 0) is 9.53 Å². The molecule has 172 valence electrons. The van der Waals surface area contributed by atoms with Gasteiger partial charge in [-0.25, -0.2) is 4.79 Å². The van der Waals surface area contributed by atoms with Crippen LogP contribution in [0.2, 0.25) is 5.02 Å². The van der Waals surface area contributed by atoms with E-state index in [1.165, 1.54) is 0 Å². The molecule has 0 aromatic heterocycles. The molecule has 1 aromatic carbocycles. The first-order chi connectivity index (χ1) is 14.7. The van der Waals surface area contributed by atoms with Crippen molar-refractivity contribution in [1.82, 2.24) is 14.7 Å². The molecule has 31 heavy (non-hydrogen) atoms. The zero-order valence-electron chi connectivity index (χ0n) is 19.0. The monoisotopic (exact) mass is 450 g/mol. The van der Waals surface area contributed by atoms with Crippen LogP contribution in [0.25, 0.3) is 0 Å². The minimum absolute atomic E-state index is 0.118. The Morgan fingerprint density at radius 1 is 1.06 bits per heavy atom. The molecule has 0 spiro atoms. The quantitative estimate of drug-likeness (QED) is 0.762. The summed E-state index contributed by atoms with van der Waals surface area (Å²) in [6.45, 7) is 12.2. The van der Waals surface area contributed by atoms with Gasteiger partial charge in [0.25, 0.3) is 0 Å². The van der Waals surface area contributed by atoms with E-state index in [0.717, 1.165) is 19.5 Å². The fraction of sp³-hybridized carbons (Fsp3) is 0.652. The summed E-state index contributed by atoms with van der Waals surface area (Å²) in [4.78, 5) is 32.2. The molecule has 0 bridgehead atoms. The van der Waals surface area contributed by atoms with Gasteiger partial charge in [0.2, 0.25) is 5.91 Å². The highest BCUT2D eigenvalue weighted by Gasteiger charge is 2.37. The van der Waals surface area contributed by atoms with Crippen LogP contribution >= 0.6 is 11.6 Å². The second kappa shape index (κ2) is 10.7. The summed E-state index contributed by atoms with van der Waals surface area (Å²) in [5.41, 5.74) is 0.671. The van der Waals surface area contributed by atoms with Gasteiger partial charge in [-0.15, -0.1) is 0 Å². The van der Waals surface area contributed by atoms with E-state index in [0.29, 0.717) is 36.9 Å². The number of halogens is 1. The number of nitrogens with one attached hydrogen (secondary N) is 1. The highest BCUT2D eigenvalue weighted by molar-refractivity contribution is 6.30. The number of carbonyl (C=O) groups is 2. The van der Waals surface area contributed by atoms with Gasteiger partial charge in [-0.3, -0.25) is 9.69 Å². The van der Waals surface area contributed by atoms with Gasteiger partial charge < -0.3 is 19.9 Å². The maximum Gasteiger partial charge on any atom is 0.321 e. The Bertz CT molecular complexity index is 765. The summed E-state index contributed by atoms with van der Waals surface area (Å²) in [6, 6.07) is 6.79. The van der Waals surface area contributed by atoms with Crippen LogP contribution in [0.3, 0.4) is 0 Å². The van der Waals surface area contributed by atoms with E-state index in [2.05, 4.69) is 37.9 Å². The normalized spacial score (nSPS) is 24.1. The zero-order chi connectivity index (χ0) is 22.5. The molecule has 0 unspecified atom stereocenters. The van der Waals surface area contributed by atoms with Crippen molar-refractivity contribution in [3.63, 3.8) is 0 Å². The van der Waals surface area contributed by atoms with Crippen LogP contribution in [0.5, 0.6) is 0 Å². The lowest BCUT2D eigenvalue weighted by atomic mass is 9.99. The fourth-order valence-corrected chi connectivity index (χ4v) is 4.79. The molecule has 2 heterocycles. The molecule has 3 atom stereocenters. The van der Waals surface area contributed by atoms with E-state index in [4.69, 9.17) is 16.3 Å². The van der Waals surface area contributed by atoms with Crippen molar-refractivity contribution >= 4 is 29.2 Å². The molecule has 3 amide bonds. The van der Waals surface area contributed by atoms with Crippen LogP contribution in [0.1, 0.15) is 34.1 Å². The summed E-state index contributed by atoms with van der Waals surface area (Å²) in [5, 5.41) is 3.48. The van der Waals surface area contributed by atoms with E-state index in [1.54, 1.807) is 23.1 Å². The number of amides is 3. The van der Waals surface area contributed by atoms with Gasteiger partial charge in [0.1, 0.15) is 0 Å². The summed E-state index contributed by atoms with van der Waals surface area (Å²) >= 11 is 6.01. The molecule has 2 fully saturated rings. The largest absolute Gasteiger partial charge is 0.373 e. The summed E-state index contributed by atoms with van der Waals surface area (Å²) in [7, 11) is 0. The second-order valence-corrected chi connectivity index (χ2v) is 9.44. The number of rotatable bonds is 4. The van der Waals surface area contributed by atoms with Gasteiger partial charge in [0, 0.05) is 50.0 Å². The van der Waals surface area contributed by atoms with E-state index in [-0.39, 0.29) is 36.1 Å². The average molecular weight is 451 g/mol. The summed E-state index contributed by atoms with van der Waals surface area (Å²) in [6.07, 6.45) is 0.996. The smallest absolute Gasteiger partial charge is 0.321 e. The van der Waals surface area contributed by atoms with Gasteiger partial charge >= 0.3 is 6.03 Å². The third-order valence-electron chi connectivity index (χ3n) is 5.90. The Balaban J connectivity index is 1.61. The first-order valence-electron chi connectivity index (χ1n) is 11.2. The molecule has 8 heteroatoms. The van der Waals surface area contributed by atoms with Crippen molar-refractivity contribution in [1.29, 1.82) is 0 Å². The third kappa shape index (κ3) is 6.34. The van der Waals surface area contributed by atoms with Crippen LogP contribution in [0, 0.1) is 5.92 Å². The molecule has 3 rings (SSSR count). The van der Waals surface area contributed by atoms with Crippen LogP contribution in [-0.4, -0.2) is 84.2 Å². The van der Waals surface area contributed by atoms with E-state index < -0.39 is 0 Å². The predicted molar refractivity (Wildman–Crippen MR) is 123 cm³/mol. The maximum atomic E-state index is 13.5. The number of hydrogen-bond acceptors (Lipinski definition) is 4. The number of hydrogen-bond donors (Lipinski definition) is 1. The Hall–Kier alpha value is -1.83. The van der Waals surface area contributed by atoms with Gasteiger partial charge in [-0.05, 0) is 44.4 Å². The van der Waals surface area contributed by atoms with Crippen LogP contribution in [0.4, 0.5) is 10.5 Å². The Morgan fingerprint density at radius 3 is 2.35 bits per heavy atom. The van der Waals surface area contributed by atoms with Crippen molar-refractivity contribution in [3.8, 4) is 0 Å². The highest BCUT2D eigenvalue weighted by Crippen LogP contribution is 2.21. The van der Waals surface area contributed by atoms with Crippen molar-refractivity contribution < 1.29 is 14.3 Å². The van der Waals surface area contributed by atoms with Gasteiger partial charge in [-0.1, -0.05) is 31.5 Å². The lowest BCUT2D eigenvalue weighted by molar-refractivity contribution is -0.145. The molecule has 1 N–H and O–H groups in total. The molecular formula is C23H35ClN4O3. The minimum Gasteiger partial charge on any atom is -0.373 e. The first-order valence-corrected chi connectivity index (χ1v) is 11.6. The standard InChI is InChI=1S/C23H35ClN4O3/c1-16(2)21(28-14-17(3)31-18(4)15-28)22(29)26-9-6-10-27(12-11-26)23(30)25-20-8-5-7-19(24)13-20/h5,7-8,13,16-18,21H,6,9-12,14-15H2,1-4H3,(H,25,30)/t17-,18+,21-/m0/s1. The molecule has 2 aliphatic heterocycles. The molecule has 0 radical (unpaired) electrons. The SMILES string of the molecule is CC(C)[C@@H](C(=O)N1CCCN(C(=O)Nc2cccc(Cl)c2)CC1)N1C[C@@H](C)O[C@@H](C)C1. The molecule has 1 aromatic rings. The summed E-state index contributed by atoms with van der Waals surface area (Å²) < 4.78 is 5.86. The molecule has 2 saturated heterocycles. The van der Waals surface area contributed by atoms with Crippen molar-refractivity contribution in [2.75, 3.05) is 44.6 Å². The molecule has 0 saturated carbocycles. The van der Waals surface area contributed by atoms with Gasteiger partial charge in [0.15, 0.2) is 0 Å². The topological polar surface area (TPSA) is 65.1 Å². The van der Waals surface area contributed by atoms with E-state index >= 15 is 0 Å². The predicted octanol–water partition coefficient (Wildman–Crippen LogP) is 3.54. The lowest BCUT2D eigenvalue weighted by Crippen LogP contribution is -2.58. The Kier molecular flexibility index (Phi) is 8.19. The number of benzene rings is 1. The van der Waals surface area contributed by atoms with Gasteiger partial charge in [0.05, 0.1) is 18.2 Å². The maximum absolute atomic E-state index is 13.5. The first kappa shape index (κ1) is 23.8. The van der Waals surface area contributed by atoms with Gasteiger partial charge in [-0.2, -0.15) is 0 Å². The van der Waals surface area contributed by atoms with E-state index in [1.807, 2.05) is 11.0 Å².